The summed E-state index contributed by atoms with van der Waals surface area (Å²) in [6.45, 7) is 1.75. The number of rotatable bonds is 0. The number of benzene rings is 1. The van der Waals surface area contributed by atoms with Crippen LogP contribution in [0, 0.1) is 6.61 Å². The number of halogens is 2. The number of fused-ring (bicyclic) bond motifs is 1. The van der Waals surface area contributed by atoms with Gasteiger partial charge >= 0.3 is 58.2 Å². The van der Waals surface area contributed by atoms with Gasteiger partial charge in [0.25, 0.3) is 0 Å². The van der Waals surface area contributed by atoms with E-state index in [9.17, 15) is 0 Å². The molecule has 0 aliphatic carbocycles. The molecule has 0 saturated heterocycles. The molecule has 0 unspecified atom stereocenters. The van der Waals surface area contributed by atoms with Crippen molar-refractivity contribution in [2.24, 2.45) is 0 Å². The Hall–Kier alpha value is 1.41. The first-order chi connectivity index (χ1) is 5.79. The Bertz CT molecular complexity index is 315. The summed E-state index contributed by atoms with van der Waals surface area (Å²) < 4.78 is 5.29. The van der Waals surface area contributed by atoms with Crippen LogP contribution in [-0.4, -0.2) is 0 Å². The van der Waals surface area contributed by atoms with Crippen molar-refractivity contribution < 1.29 is 62.9 Å². The SMILES string of the molecule is Clc1ccc2c(c1Cl)O[CH-]CC2.[Rb+]. The molecule has 0 amide bonds. The van der Waals surface area contributed by atoms with Crippen LogP contribution in [0.3, 0.4) is 0 Å². The summed E-state index contributed by atoms with van der Waals surface area (Å²) in [5, 5.41) is 1.07. The summed E-state index contributed by atoms with van der Waals surface area (Å²) >= 11 is 11.8. The van der Waals surface area contributed by atoms with Crippen LogP contribution in [0.5, 0.6) is 5.75 Å². The molecule has 13 heavy (non-hydrogen) atoms. The van der Waals surface area contributed by atoms with Gasteiger partial charge in [-0.25, -0.2) is 0 Å². The standard InChI is InChI=1S/C9H7Cl2O.Rb/c10-7-4-3-6-2-1-5-12-9(6)8(7)11;/h3-5H,1-2H2;/q-1;+1. The average Bonchev–Trinajstić information content (AvgIpc) is 2.12. The molecule has 1 aliphatic rings. The number of hydrogen-bond donors (Lipinski definition) is 0. The summed E-state index contributed by atoms with van der Waals surface area (Å²) in [5.74, 6) is 0.718. The molecule has 0 aromatic heterocycles. The van der Waals surface area contributed by atoms with E-state index in [4.69, 9.17) is 27.9 Å². The van der Waals surface area contributed by atoms with Gasteiger partial charge in [-0.3, -0.25) is 0 Å². The van der Waals surface area contributed by atoms with Gasteiger partial charge < -0.3 is 4.74 Å². The Kier molecular flexibility index (Phi) is 5.26. The molecule has 0 atom stereocenters. The van der Waals surface area contributed by atoms with E-state index in [-0.39, 0.29) is 58.2 Å². The van der Waals surface area contributed by atoms with Crippen LogP contribution in [0.15, 0.2) is 12.1 Å². The molecule has 2 rings (SSSR count). The third-order valence-corrected chi connectivity index (χ3v) is 2.65. The number of ether oxygens (including phenoxy) is 1. The maximum Gasteiger partial charge on any atom is 1.00 e. The Morgan fingerprint density at radius 2 is 2.08 bits per heavy atom. The van der Waals surface area contributed by atoms with E-state index >= 15 is 0 Å². The van der Waals surface area contributed by atoms with Gasteiger partial charge in [0.15, 0.2) is 0 Å². The van der Waals surface area contributed by atoms with Crippen molar-refractivity contribution in [3.8, 4) is 5.75 Å². The minimum Gasteiger partial charge on any atom is -0.661 e. The van der Waals surface area contributed by atoms with Gasteiger partial charge in [0, 0.05) is 0 Å². The largest absolute Gasteiger partial charge is 1.00 e. The second-order valence-electron chi connectivity index (χ2n) is 2.67. The van der Waals surface area contributed by atoms with Gasteiger partial charge in [-0.05, 0) is 18.1 Å². The smallest absolute Gasteiger partial charge is 0.661 e. The van der Waals surface area contributed by atoms with Crippen molar-refractivity contribution in [1.29, 1.82) is 0 Å². The number of hydrogen-bond acceptors (Lipinski definition) is 1. The van der Waals surface area contributed by atoms with Crippen molar-refractivity contribution in [2.45, 2.75) is 12.8 Å². The molecule has 0 fully saturated rings. The van der Waals surface area contributed by atoms with Crippen molar-refractivity contribution in [1.82, 2.24) is 0 Å². The van der Waals surface area contributed by atoms with E-state index in [1.807, 2.05) is 6.07 Å². The molecule has 0 N–H and O–H groups in total. The third-order valence-electron chi connectivity index (χ3n) is 1.86. The zero-order valence-corrected chi connectivity index (χ0v) is 13.7. The van der Waals surface area contributed by atoms with Crippen molar-refractivity contribution in [2.75, 3.05) is 0 Å². The maximum absolute atomic E-state index is 5.93. The molecule has 1 heterocycles. The summed E-state index contributed by atoms with van der Waals surface area (Å²) in [5.41, 5.74) is 1.13. The van der Waals surface area contributed by atoms with Crippen LogP contribution in [0.2, 0.25) is 10.0 Å². The van der Waals surface area contributed by atoms with Crippen molar-refractivity contribution >= 4 is 23.2 Å². The molecule has 0 spiro atoms. The summed E-state index contributed by atoms with van der Waals surface area (Å²) in [6, 6.07) is 3.76. The molecule has 0 radical (unpaired) electrons. The van der Waals surface area contributed by atoms with E-state index in [0.717, 1.165) is 24.2 Å². The zero-order chi connectivity index (χ0) is 8.55. The third kappa shape index (κ3) is 2.70. The van der Waals surface area contributed by atoms with Crippen LogP contribution < -0.4 is 62.9 Å². The molecule has 1 aliphatic heterocycles. The molecule has 1 nitrogen and oxygen atoms in total. The first-order valence-corrected chi connectivity index (χ1v) is 4.50. The Labute approximate surface area is 137 Å². The fourth-order valence-corrected chi connectivity index (χ4v) is 1.63. The minimum absolute atomic E-state index is 0. The Morgan fingerprint density at radius 3 is 2.85 bits per heavy atom. The second kappa shape index (κ2) is 5.48. The minimum atomic E-state index is 0. The molecule has 0 bridgehead atoms. The average molecular weight is 288 g/mol. The monoisotopic (exact) mass is 286 g/mol. The van der Waals surface area contributed by atoms with Crippen LogP contribution in [0.1, 0.15) is 12.0 Å². The molecular weight excluding hydrogens is 280 g/mol. The quantitative estimate of drug-likeness (QED) is 0.631. The van der Waals surface area contributed by atoms with Crippen LogP contribution in [-0.2, 0) is 6.42 Å². The molecule has 1 aromatic carbocycles. The zero-order valence-electron chi connectivity index (χ0n) is 7.31. The van der Waals surface area contributed by atoms with Gasteiger partial charge in [0.05, 0.1) is 10.0 Å². The van der Waals surface area contributed by atoms with E-state index in [2.05, 4.69) is 0 Å². The van der Waals surface area contributed by atoms with Gasteiger partial charge in [0.1, 0.15) is 5.75 Å². The fraction of sp³-hybridized carbons (Fsp3) is 0.222. The van der Waals surface area contributed by atoms with Crippen molar-refractivity contribution in [3.63, 3.8) is 0 Å². The molecule has 64 valence electrons. The van der Waals surface area contributed by atoms with E-state index in [0.29, 0.717) is 10.0 Å². The molecule has 1 aromatic rings. The molecule has 0 saturated carbocycles. The van der Waals surface area contributed by atoms with Gasteiger partial charge in [-0.15, -0.1) is 6.42 Å². The first kappa shape index (κ1) is 12.5. The van der Waals surface area contributed by atoms with E-state index < -0.39 is 0 Å². The van der Waals surface area contributed by atoms with E-state index in [1.54, 1.807) is 12.7 Å². The number of aryl methyl sites for hydroxylation is 1. The Morgan fingerprint density at radius 1 is 1.31 bits per heavy atom. The second-order valence-corrected chi connectivity index (χ2v) is 3.46. The fourth-order valence-electron chi connectivity index (χ4n) is 1.25. The molecular formula is C9H7Cl2ORb. The van der Waals surface area contributed by atoms with E-state index in [1.165, 1.54) is 0 Å². The Balaban J connectivity index is 0.000000845. The van der Waals surface area contributed by atoms with Crippen LogP contribution >= 0.6 is 23.2 Å². The summed E-state index contributed by atoms with van der Waals surface area (Å²) in [4.78, 5) is 0. The maximum atomic E-state index is 5.93. The van der Waals surface area contributed by atoms with Crippen LogP contribution in [0.25, 0.3) is 0 Å². The van der Waals surface area contributed by atoms with Crippen LogP contribution in [0.4, 0.5) is 0 Å². The topological polar surface area (TPSA) is 9.23 Å². The van der Waals surface area contributed by atoms with Gasteiger partial charge in [-0.2, -0.15) is 6.61 Å². The summed E-state index contributed by atoms with van der Waals surface area (Å²) in [7, 11) is 0. The summed E-state index contributed by atoms with van der Waals surface area (Å²) in [6.07, 6.45) is 1.91. The van der Waals surface area contributed by atoms with Gasteiger partial charge in [-0.1, -0.05) is 29.3 Å². The van der Waals surface area contributed by atoms with Crippen molar-refractivity contribution in [3.05, 3.63) is 34.3 Å². The predicted molar refractivity (Wildman–Crippen MR) is 49.7 cm³/mol. The van der Waals surface area contributed by atoms with Gasteiger partial charge in [0.2, 0.25) is 0 Å². The normalized spacial score (nSPS) is 14.0. The first-order valence-electron chi connectivity index (χ1n) is 3.74. The predicted octanol–water partition coefficient (Wildman–Crippen LogP) is 0.484. The molecule has 4 heteroatoms.